The fourth-order valence-electron chi connectivity index (χ4n) is 7.71. The van der Waals surface area contributed by atoms with Crippen LogP contribution in [-0.4, -0.2) is 81.3 Å². The van der Waals surface area contributed by atoms with Crippen LogP contribution in [0.2, 0.25) is 0 Å². The summed E-state index contributed by atoms with van der Waals surface area (Å²) in [7, 11) is -11.1. The molecule has 19 heteroatoms. The Morgan fingerprint density at radius 1 is 0.880 bits per heavy atom. The Morgan fingerprint density at radius 3 is 2.20 bits per heavy atom. The van der Waals surface area contributed by atoms with Gasteiger partial charge in [-0.3, -0.25) is 4.72 Å². The molecule has 1 aliphatic carbocycles. The molecule has 8 rings (SSSR count). The summed E-state index contributed by atoms with van der Waals surface area (Å²) in [5.41, 5.74) is -0.458. The highest BCUT2D eigenvalue weighted by molar-refractivity contribution is 7.93. The predicted octanol–water partition coefficient (Wildman–Crippen LogP) is 4.24. The number of aromatic nitrogens is 3. The molecule has 2 N–H and O–H groups in total. The summed E-state index contributed by atoms with van der Waals surface area (Å²) in [6.07, 6.45) is 4.09. The maximum Gasteiger partial charge on any atom is 0.267 e. The zero-order chi connectivity index (χ0) is 35.2. The SMILES string of the molecule is O=S1(=O)CC2CCC(C1)N2c1nc(-c2cccc(NS(=O)(=O)c3c(F)cccc3F)c2F)c(-c2ccnc(NC3CC4(C3)CS(=O)(=O)C4)n2)s1. The Kier molecular flexibility index (Phi) is 7.74. The molecule has 4 fully saturated rings. The molecule has 264 valence electrons. The molecule has 3 aliphatic heterocycles. The van der Waals surface area contributed by atoms with E-state index < -0.39 is 57.7 Å². The largest absolute Gasteiger partial charge is 0.351 e. The molecule has 2 aromatic carbocycles. The molecule has 2 atom stereocenters. The third-order valence-electron chi connectivity index (χ3n) is 9.67. The van der Waals surface area contributed by atoms with E-state index in [1.165, 1.54) is 29.7 Å². The highest BCUT2D eigenvalue weighted by Crippen LogP contribution is 2.51. The maximum absolute atomic E-state index is 16.4. The molecule has 0 amide bonds. The molecule has 0 radical (unpaired) electrons. The van der Waals surface area contributed by atoms with Gasteiger partial charge in [-0.1, -0.05) is 23.5 Å². The lowest BCUT2D eigenvalue weighted by Crippen LogP contribution is -2.60. The second-order valence-electron chi connectivity index (χ2n) is 13.4. The second kappa shape index (κ2) is 11.6. The number of benzene rings is 2. The van der Waals surface area contributed by atoms with E-state index in [1.54, 1.807) is 6.07 Å². The average Bonchev–Trinajstić information content (AvgIpc) is 3.55. The van der Waals surface area contributed by atoms with Crippen molar-refractivity contribution in [1.29, 1.82) is 0 Å². The topological polar surface area (TPSA) is 168 Å². The van der Waals surface area contributed by atoms with Gasteiger partial charge in [0.1, 0.15) is 11.6 Å². The van der Waals surface area contributed by atoms with Crippen molar-refractivity contribution < 1.29 is 38.4 Å². The number of hydrogen-bond donors (Lipinski definition) is 2. The molecule has 4 aromatic rings. The number of rotatable bonds is 8. The number of sulfonamides is 1. The van der Waals surface area contributed by atoms with Crippen molar-refractivity contribution >= 4 is 57.8 Å². The molecular formula is C31H29F3N6O6S4. The molecule has 5 heterocycles. The van der Waals surface area contributed by atoms with Crippen LogP contribution in [0.3, 0.4) is 0 Å². The third-order valence-corrected chi connectivity index (χ3v) is 16.1. The molecule has 50 heavy (non-hydrogen) atoms. The van der Waals surface area contributed by atoms with Crippen LogP contribution in [0.15, 0.2) is 53.6 Å². The first-order chi connectivity index (χ1) is 23.6. The van der Waals surface area contributed by atoms with Crippen LogP contribution in [0.5, 0.6) is 0 Å². The predicted molar refractivity (Wildman–Crippen MR) is 181 cm³/mol. The zero-order valence-electron chi connectivity index (χ0n) is 26.0. The average molecular weight is 767 g/mol. The van der Waals surface area contributed by atoms with E-state index in [-0.39, 0.29) is 63.8 Å². The fourth-order valence-corrected chi connectivity index (χ4v) is 14.3. The molecule has 1 spiro atoms. The zero-order valence-corrected chi connectivity index (χ0v) is 29.3. The number of anilines is 3. The van der Waals surface area contributed by atoms with E-state index in [0.717, 1.165) is 24.3 Å². The summed E-state index contributed by atoms with van der Waals surface area (Å²) in [5, 5.41) is 3.69. The second-order valence-corrected chi connectivity index (χ2v) is 20.2. The quantitative estimate of drug-likeness (QED) is 0.263. The lowest BCUT2D eigenvalue weighted by molar-refractivity contribution is 0.153. The first-order valence-electron chi connectivity index (χ1n) is 15.7. The molecule has 3 saturated heterocycles. The smallest absolute Gasteiger partial charge is 0.267 e. The molecule has 12 nitrogen and oxygen atoms in total. The Balaban J connectivity index is 1.16. The van der Waals surface area contributed by atoms with Gasteiger partial charge in [0.05, 0.1) is 45.0 Å². The Bertz CT molecular complexity index is 2330. The van der Waals surface area contributed by atoms with E-state index >= 15 is 4.39 Å². The number of nitrogens with zero attached hydrogens (tertiary/aromatic N) is 4. The van der Waals surface area contributed by atoms with Crippen molar-refractivity contribution in [3.63, 3.8) is 0 Å². The summed E-state index contributed by atoms with van der Waals surface area (Å²) in [6.45, 7) is 0. The van der Waals surface area contributed by atoms with Gasteiger partial charge < -0.3 is 10.2 Å². The molecule has 2 bridgehead atoms. The summed E-state index contributed by atoms with van der Waals surface area (Å²) in [4.78, 5) is 14.9. The van der Waals surface area contributed by atoms with Gasteiger partial charge in [0, 0.05) is 35.3 Å². The van der Waals surface area contributed by atoms with E-state index in [0.29, 0.717) is 41.4 Å². The van der Waals surface area contributed by atoms with Gasteiger partial charge in [-0.25, -0.2) is 53.4 Å². The lowest BCUT2D eigenvalue weighted by atomic mass is 9.67. The van der Waals surface area contributed by atoms with Crippen molar-refractivity contribution in [3.05, 3.63) is 66.1 Å². The van der Waals surface area contributed by atoms with Gasteiger partial charge in [0.2, 0.25) is 5.95 Å². The van der Waals surface area contributed by atoms with E-state index in [4.69, 9.17) is 4.98 Å². The Morgan fingerprint density at radius 2 is 1.54 bits per heavy atom. The van der Waals surface area contributed by atoms with Crippen LogP contribution in [0.25, 0.3) is 21.8 Å². The van der Waals surface area contributed by atoms with Gasteiger partial charge in [-0.05, 0) is 56.0 Å². The summed E-state index contributed by atoms with van der Waals surface area (Å²) < 4.78 is 122. The number of sulfone groups is 2. The number of halogens is 3. The monoisotopic (exact) mass is 766 g/mol. The van der Waals surface area contributed by atoms with Gasteiger partial charge in [0.25, 0.3) is 10.0 Å². The minimum absolute atomic E-state index is 0.0374. The molecular weight excluding hydrogens is 738 g/mol. The van der Waals surface area contributed by atoms with E-state index in [1.807, 2.05) is 9.62 Å². The molecule has 4 aliphatic rings. The third kappa shape index (κ3) is 5.90. The normalized spacial score (nSPS) is 23.3. The van der Waals surface area contributed by atoms with Crippen molar-refractivity contribution in [2.45, 2.75) is 48.7 Å². The highest BCUT2D eigenvalue weighted by atomic mass is 32.2. The van der Waals surface area contributed by atoms with Gasteiger partial charge in [-0.2, -0.15) is 0 Å². The first kappa shape index (κ1) is 33.3. The molecule has 1 saturated carbocycles. The van der Waals surface area contributed by atoms with Gasteiger partial charge in [-0.15, -0.1) is 0 Å². The van der Waals surface area contributed by atoms with E-state index in [9.17, 15) is 34.0 Å². The lowest BCUT2D eigenvalue weighted by Gasteiger charge is -2.53. The van der Waals surface area contributed by atoms with Crippen LogP contribution < -0.4 is 14.9 Å². The van der Waals surface area contributed by atoms with Crippen molar-refractivity contribution in [2.24, 2.45) is 5.41 Å². The van der Waals surface area contributed by atoms with Crippen LogP contribution in [0.1, 0.15) is 25.7 Å². The highest BCUT2D eigenvalue weighted by Gasteiger charge is 2.56. The molecule has 2 unspecified atom stereocenters. The van der Waals surface area contributed by atoms with Crippen molar-refractivity contribution in [3.8, 4) is 21.8 Å². The maximum atomic E-state index is 16.4. The minimum atomic E-state index is -4.90. The number of thiazole rings is 1. The molecule has 2 aromatic heterocycles. The van der Waals surface area contributed by atoms with Gasteiger partial charge >= 0.3 is 0 Å². The number of hydrogen-bond acceptors (Lipinski definition) is 12. The van der Waals surface area contributed by atoms with Gasteiger partial charge in [0.15, 0.2) is 35.5 Å². The van der Waals surface area contributed by atoms with Crippen LogP contribution >= 0.6 is 11.3 Å². The minimum Gasteiger partial charge on any atom is -0.351 e. The number of fused-ring (bicyclic) bond motifs is 2. The Labute approximate surface area is 290 Å². The van der Waals surface area contributed by atoms with Crippen LogP contribution in [-0.2, 0) is 29.7 Å². The summed E-state index contributed by atoms with van der Waals surface area (Å²) in [6, 6.07) is 7.34. The van der Waals surface area contributed by atoms with Crippen LogP contribution in [0, 0.1) is 22.9 Å². The standard InChI is InChI=1S/C31H29F3N6O6S4/c32-21-4-2-5-22(33)28(21)50(45,46)39-23-6-1-3-20(25(23)34)26-27(47-30(38-26)40-18-7-8-19(40)14-48(41,42)13-18)24-9-10-35-29(37-24)36-17-11-31(12-17)15-49(43,44)16-31/h1-6,9-10,17-19,39H,7-8,11-16H2,(H,35,36,37). The fraction of sp³-hybridized carbons (Fsp3) is 0.387. The van der Waals surface area contributed by atoms with E-state index in [2.05, 4.69) is 15.3 Å². The summed E-state index contributed by atoms with van der Waals surface area (Å²) >= 11 is 1.18. The van der Waals surface area contributed by atoms with Crippen molar-refractivity contribution in [2.75, 3.05) is 38.0 Å². The first-order valence-corrected chi connectivity index (χ1v) is 21.6. The van der Waals surface area contributed by atoms with Crippen molar-refractivity contribution in [1.82, 2.24) is 15.0 Å². The van der Waals surface area contributed by atoms with Crippen LogP contribution in [0.4, 0.5) is 29.9 Å². The Hall–Kier alpha value is -3.81. The summed E-state index contributed by atoms with van der Waals surface area (Å²) in [5.74, 6) is -3.23. The number of nitrogens with one attached hydrogen (secondary N) is 2.